The first-order valence-electron chi connectivity index (χ1n) is 4.76. The van der Waals surface area contributed by atoms with Crippen LogP contribution in [0.2, 0.25) is 0 Å². The first-order chi connectivity index (χ1) is 7.91. The molecule has 0 saturated heterocycles. The van der Waals surface area contributed by atoms with E-state index in [1.807, 2.05) is 5.32 Å². The number of rotatable bonds is 3. The maximum atomic E-state index is 13.1. The average Bonchev–Trinajstić information content (AvgIpc) is 2.23. The van der Waals surface area contributed by atoms with Crippen molar-refractivity contribution in [3.8, 4) is 0 Å². The summed E-state index contributed by atoms with van der Waals surface area (Å²) >= 11 is 0. The fraction of sp³-hybridized carbons (Fsp3) is 0.200. The third-order valence-electron chi connectivity index (χ3n) is 2.04. The molecule has 17 heavy (non-hydrogen) atoms. The van der Waals surface area contributed by atoms with Crippen LogP contribution in [-0.4, -0.2) is 23.1 Å². The van der Waals surface area contributed by atoms with Crippen molar-refractivity contribution in [3.63, 3.8) is 0 Å². The minimum absolute atomic E-state index is 0.106. The molecule has 0 bridgehead atoms. The van der Waals surface area contributed by atoms with Gasteiger partial charge >= 0.3 is 6.09 Å². The van der Waals surface area contributed by atoms with Gasteiger partial charge in [0.05, 0.1) is 11.4 Å². The number of hydrogen-bond donors (Lipinski definition) is 4. The Morgan fingerprint density at radius 2 is 2.12 bits per heavy atom. The van der Waals surface area contributed by atoms with E-state index < -0.39 is 23.9 Å². The molecule has 1 rings (SSSR count). The van der Waals surface area contributed by atoms with E-state index in [9.17, 15) is 14.0 Å². The molecule has 1 unspecified atom stereocenters. The van der Waals surface area contributed by atoms with Gasteiger partial charge in [-0.15, -0.1) is 0 Å². The molecule has 0 fully saturated rings. The Bertz CT molecular complexity index is 450. The number of carbonyl (C=O) groups excluding carboxylic acids is 1. The number of benzene rings is 1. The van der Waals surface area contributed by atoms with E-state index in [-0.39, 0.29) is 11.4 Å². The molecule has 0 aliphatic heterocycles. The predicted molar refractivity (Wildman–Crippen MR) is 60.1 cm³/mol. The van der Waals surface area contributed by atoms with Gasteiger partial charge in [-0.3, -0.25) is 4.79 Å². The highest BCUT2D eigenvalue weighted by Gasteiger charge is 2.16. The number of carbonyl (C=O) groups is 2. The van der Waals surface area contributed by atoms with Crippen molar-refractivity contribution >= 4 is 23.4 Å². The lowest BCUT2D eigenvalue weighted by Gasteiger charge is -2.13. The van der Waals surface area contributed by atoms with Gasteiger partial charge < -0.3 is 21.5 Å². The lowest BCUT2D eigenvalue weighted by atomic mass is 10.2. The van der Waals surface area contributed by atoms with Crippen LogP contribution < -0.4 is 16.4 Å². The van der Waals surface area contributed by atoms with Crippen LogP contribution in [0.1, 0.15) is 6.92 Å². The molecule has 1 atom stereocenters. The quantitative estimate of drug-likeness (QED) is 0.592. The van der Waals surface area contributed by atoms with E-state index >= 15 is 0 Å². The molecule has 0 aliphatic carbocycles. The van der Waals surface area contributed by atoms with Gasteiger partial charge in [-0.25, -0.2) is 9.18 Å². The number of hydrogen-bond acceptors (Lipinski definition) is 3. The summed E-state index contributed by atoms with van der Waals surface area (Å²) in [6.07, 6.45) is -1.32. The van der Waals surface area contributed by atoms with E-state index in [2.05, 4.69) is 5.32 Å². The summed E-state index contributed by atoms with van der Waals surface area (Å²) in [5.74, 6) is -1.27. The van der Waals surface area contributed by atoms with Crippen molar-refractivity contribution in [2.75, 3.05) is 11.1 Å². The van der Waals surface area contributed by atoms with Crippen LogP contribution in [0, 0.1) is 5.82 Å². The van der Waals surface area contributed by atoms with Crippen molar-refractivity contribution in [1.82, 2.24) is 5.32 Å². The lowest BCUT2D eigenvalue weighted by Crippen LogP contribution is -2.40. The zero-order chi connectivity index (χ0) is 13.0. The van der Waals surface area contributed by atoms with Gasteiger partial charge in [0.15, 0.2) is 0 Å². The Balaban J connectivity index is 2.74. The van der Waals surface area contributed by atoms with Crippen LogP contribution in [0.5, 0.6) is 0 Å². The van der Waals surface area contributed by atoms with E-state index in [1.165, 1.54) is 19.1 Å². The number of nitrogens with two attached hydrogens (primary N) is 1. The lowest BCUT2D eigenvalue weighted by molar-refractivity contribution is -0.117. The fourth-order valence-electron chi connectivity index (χ4n) is 1.14. The number of carboxylic acid groups (broad SMARTS) is 1. The van der Waals surface area contributed by atoms with Crippen LogP contribution in [-0.2, 0) is 4.79 Å². The second-order valence-electron chi connectivity index (χ2n) is 3.36. The largest absolute Gasteiger partial charge is 0.465 e. The summed E-state index contributed by atoms with van der Waals surface area (Å²) < 4.78 is 13.1. The minimum Gasteiger partial charge on any atom is -0.465 e. The number of para-hydroxylation sites is 1. The molecule has 0 radical (unpaired) electrons. The molecule has 0 heterocycles. The molecule has 2 amide bonds. The van der Waals surface area contributed by atoms with Crippen molar-refractivity contribution in [1.29, 1.82) is 0 Å². The maximum Gasteiger partial charge on any atom is 0.405 e. The van der Waals surface area contributed by atoms with E-state index in [1.54, 1.807) is 0 Å². The summed E-state index contributed by atoms with van der Waals surface area (Å²) in [6.45, 7) is 1.36. The first-order valence-corrected chi connectivity index (χ1v) is 4.76. The Morgan fingerprint density at radius 1 is 1.47 bits per heavy atom. The molecule has 0 spiro atoms. The molecule has 0 aliphatic rings. The van der Waals surface area contributed by atoms with Gasteiger partial charge in [0.25, 0.3) is 0 Å². The molecule has 92 valence electrons. The molecule has 0 aromatic heterocycles. The zero-order valence-electron chi connectivity index (χ0n) is 9.03. The molecular weight excluding hydrogens is 229 g/mol. The highest BCUT2D eigenvalue weighted by Crippen LogP contribution is 2.21. The summed E-state index contributed by atoms with van der Waals surface area (Å²) in [5, 5.41) is 12.7. The van der Waals surface area contributed by atoms with Gasteiger partial charge in [-0.1, -0.05) is 6.07 Å². The number of anilines is 2. The van der Waals surface area contributed by atoms with E-state index in [4.69, 9.17) is 10.8 Å². The van der Waals surface area contributed by atoms with Crippen LogP contribution in [0.4, 0.5) is 20.6 Å². The molecule has 1 aromatic rings. The zero-order valence-corrected chi connectivity index (χ0v) is 9.03. The van der Waals surface area contributed by atoms with Crippen LogP contribution in [0.25, 0.3) is 0 Å². The standard InChI is InChI=1S/C10H12FN3O3/c1-5(13-10(16)17)9(15)14-7-4-2-3-6(11)8(7)12/h2-5,13H,12H2,1H3,(H,14,15)(H,16,17). The van der Waals surface area contributed by atoms with Crippen molar-refractivity contribution < 1.29 is 19.1 Å². The van der Waals surface area contributed by atoms with Gasteiger partial charge in [0.1, 0.15) is 11.9 Å². The predicted octanol–water partition coefficient (Wildman–Crippen LogP) is 1.00. The molecule has 7 heteroatoms. The number of nitrogen functional groups attached to an aromatic ring is 1. The van der Waals surface area contributed by atoms with E-state index in [0.717, 1.165) is 6.07 Å². The monoisotopic (exact) mass is 241 g/mol. The third kappa shape index (κ3) is 3.33. The van der Waals surface area contributed by atoms with Crippen molar-refractivity contribution in [3.05, 3.63) is 24.0 Å². The van der Waals surface area contributed by atoms with Gasteiger partial charge in [-0.2, -0.15) is 0 Å². The Labute approximate surface area is 96.6 Å². The Morgan fingerprint density at radius 3 is 2.71 bits per heavy atom. The highest BCUT2D eigenvalue weighted by molar-refractivity contribution is 5.98. The van der Waals surface area contributed by atoms with E-state index in [0.29, 0.717) is 0 Å². The SMILES string of the molecule is CC(NC(=O)O)C(=O)Nc1cccc(F)c1N. The molecule has 1 aromatic carbocycles. The second-order valence-corrected chi connectivity index (χ2v) is 3.36. The highest BCUT2D eigenvalue weighted by atomic mass is 19.1. The fourth-order valence-corrected chi connectivity index (χ4v) is 1.14. The van der Waals surface area contributed by atoms with Crippen molar-refractivity contribution in [2.45, 2.75) is 13.0 Å². The van der Waals surface area contributed by atoms with Crippen LogP contribution in [0.15, 0.2) is 18.2 Å². The summed E-state index contributed by atoms with van der Waals surface area (Å²) in [5.41, 5.74) is 5.32. The smallest absolute Gasteiger partial charge is 0.405 e. The van der Waals surface area contributed by atoms with Crippen LogP contribution in [0.3, 0.4) is 0 Å². The number of amides is 2. The topological polar surface area (TPSA) is 104 Å². The maximum absolute atomic E-state index is 13.1. The summed E-state index contributed by atoms with van der Waals surface area (Å²) in [6, 6.07) is 3.00. The second kappa shape index (κ2) is 5.15. The molecule has 0 saturated carbocycles. The summed E-state index contributed by atoms with van der Waals surface area (Å²) in [7, 11) is 0. The van der Waals surface area contributed by atoms with Gasteiger partial charge in [0, 0.05) is 0 Å². The van der Waals surface area contributed by atoms with Crippen molar-refractivity contribution in [2.24, 2.45) is 0 Å². The summed E-state index contributed by atoms with van der Waals surface area (Å²) in [4.78, 5) is 21.8. The van der Waals surface area contributed by atoms with Gasteiger partial charge in [-0.05, 0) is 19.1 Å². The number of nitrogens with one attached hydrogen (secondary N) is 2. The average molecular weight is 241 g/mol. The number of halogens is 1. The molecule has 5 N–H and O–H groups in total. The molecular formula is C10H12FN3O3. The Hall–Kier alpha value is -2.31. The molecule has 6 nitrogen and oxygen atoms in total. The normalized spacial score (nSPS) is 11.6. The Kier molecular flexibility index (Phi) is 3.86. The first kappa shape index (κ1) is 12.8. The minimum atomic E-state index is -1.32. The van der Waals surface area contributed by atoms with Gasteiger partial charge in [0.2, 0.25) is 5.91 Å². The van der Waals surface area contributed by atoms with Crippen LogP contribution >= 0.6 is 0 Å². The third-order valence-corrected chi connectivity index (χ3v) is 2.04.